The Balaban J connectivity index is 2.37. The summed E-state index contributed by atoms with van der Waals surface area (Å²) in [7, 11) is 0. The van der Waals surface area contributed by atoms with E-state index in [1.165, 1.54) is 0 Å². The van der Waals surface area contributed by atoms with E-state index in [1.54, 1.807) is 0 Å². The number of carboxylic acid groups (broad SMARTS) is 1. The minimum absolute atomic E-state index is 0.00500. The quantitative estimate of drug-likeness (QED) is 0.657. The van der Waals surface area contributed by atoms with Crippen molar-refractivity contribution in [3.05, 3.63) is 0 Å². The number of hydrogen-bond acceptors (Lipinski definition) is 4. The Hall–Kier alpha value is -0.860. The van der Waals surface area contributed by atoms with Gasteiger partial charge in [0.05, 0.1) is 19.1 Å². The molecule has 124 valence electrons. The first-order chi connectivity index (χ1) is 9.85. The van der Waals surface area contributed by atoms with Crippen molar-refractivity contribution in [2.45, 2.75) is 32.0 Å². The van der Waals surface area contributed by atoms with E-state index in [-0.39, 0.29) is 19.3 Å². The molecule has 21 heavy (non-hydrogen) atoms. The molecule has 1 N–H and O–H groups in total. The number of aliphatic carboxylic acids is 1. The van der Waals surface area contributed by atoms with Crippen LogP contribution in [0.1, 0.15) is 19.8 Å². The molecular weight excluding hydrogens is 291 g/mol. The Morgan fingerprint density at radius 1 is 1.38 bits per heavy atom. The van der Waals surface area contributed by atoms with Gasteiger partial charge in [-0.05, 0) is 19.4 Å². The van der Waals surface area contributed by atoms with Gasteiger partial charge in [0.1, 0.15) is 6.61 Å². The molecule has 1 fully saturated rings. The Kier molecular flexibility index (Phi) is 7.41. The first-order valence-corrected chi connectivity index (χ1v) is 7.04. The second-order valence-corrected chi connectivity index (χ2v) is 5.11. The lowest BCUT2D eigenvalue weighted by atomic mass is 10.0. The molecular formula is C13H22F3NO4. The molecule has 1 saturated heterocycles. The number of nitrogens with zero attached hydrogens (tertiary/aromatic N) is 1. The zero-order valence-corrected chi connectivity index (χ0v) is 12.1. The second kappa shape index (κ2) is 8.55. The summed E-state index contributed by atoms with van der Waals surface area (Å²) >= 11 is 0. The fraction of sp³-hybridized carbons (Fsp3) is 0.923. The first kappa shape index (κ1) is 18.2. The smallest absolute Gasteiger partial charge is 0.411 e. The molecule has 1 aliphatic heterocycles. The molecule has 0 amide bonds. The molecule has 0 aromatic rings. The summed E-state index contributed by atoms with van der Waals surface area (Å²) in [5, 5.41) is 9.14. The highest BCUT2D eigenvalue weighted by molar-refractivity contribution is 5.71. The minimum Gasteiger partial charge on any atom is -0.481 e. The number of rotatable bonds is 9. The first-order valence-electron chi connectivity index (χ1n) is 7.04. The summed E-state index contributed by atoms with van der Waals surface area (Å²) in [5.74, 6) is -1.47. The van der Waals surface area contributed by atoms with Gasteiger partial charge >= 0.3 is 12.1 Å². The second-order valence-electron chi connectivity index (χ2n) is 5.11. The lowest BCUT2D eigenvalue weighted by molar-refractivity contribution is -0.174. The molecule has 1 heterocycles. The molecule has 0 aromatic carbocycles. The molecule has 1 aliphatic rings. The Morgan fingerprint density at radius 3 is 2.67 bits per heavy atom. The largest absolute Gasteiger partial charge is 0.481 e. The standard InChI is InChI=1S/C13H22F3NO4/c1-2-4-17(5-3-6-20-9-13(14,15)16)11-8-21-7-10(11)12(18)19/h10-11H,2-9H2,1H3,(H,18,19). The molecule has 8 heteroatoms. The van der Waals surface area contributed by atoms with E-state index >= 15 is 0 Å². The van der Waals surface area contributed by atoms with Crippen LogP contribution in [0.2, 0.25) is 0 Å². The average molecular weight is 313 g/mol. The zero-order chi connectivity index (χ0) is 15.9. The van der Waals surface area contributed by atoms with E-state index in [0.717, 1.165) is 6.42 Å². The lowest BCUT2D eigenvalue weighted by Gasteiger charge is -2.30. The predicted molar refractivity (Wildman–Crippen MR) is 69.1 cm³/mol. The SMILES string of the molecule is CCCN(CCCOCC(F)(F)F)C1COCC1C(=O)O. The van der Waals surface area contributed by atoms with Crippen molar-refractivity contribution < 1.29 is 32.5 Å². The van der Waals surface area contributed by atoms with Crippen molar-refractivity contribution in [2.24, 2.45) is 5.92 Å². The maximum Gasteiger partial charge on any atom is 0.411 e. The van der Waals surface area contributed by atoms with Crippen LogP contribution in [0.15, 0.2) is 0 Å². The summed E-state index contributed by atoms with van der Waals surface area (Å²) < 4.78 is 45.6. The van der Waals surface area contributed by atoms with Gasteiger partial charge in [-0.15, -0.1) is 0 Å². The van der Waals surface area contributed by atoms with Crippen LogP contribution in [-0.4, -0.2) is 67.7 Å². The molecule has 1 rings (SSSR count). The number of carboxylic acids is 1. The summed E-state index contributed by atoms with van der Waals surface area (Å²) in [6.45, 7) is 2.46. The zero-order valence-electron chi connectivity index (χ0n) is 12.1. The van der Waals surface area contributed by atoms with E-state index in [1.807, 2.05) is 11.8 Å². The van der Waals surface area contributed by atoms with Gasteiger partial charge in [0.2, 0.25) is 0 Å². The molecule has 2 atom stereocenters. The van der Waals surface area contributed by atoms with Gasteiger partial charge < -0.3 is 14.6 Å². The van der Waals surface area contributed by atoms with E-state index < -0.39 is 24.7 Å². The number of ether oxygens (including phenoxy) is 2. The molecule has 0 saturated carbocycles. The van der Waals surface area contributed by atoms with Crippen LogP contribution in [0.5, 0.6) is 0 Å². The maximum absolute atomic E-state index is 11.9. The fourth-order valence-corrected chi connectivity index (χ4v) is 2.43. The van der Waals surface area contributed by atoms with Gasteiger partial charge in [-0.3, -0.25) is 9.69 Å². The van der Waals surface area contributed by atoms with Crippen LogP contribution in [0, 0.1) is 5.92 Å². The van der Waals surface area contributed by atoms with Crippen LogP contribution in [0.3, 0.4) is 0 Å². The third-order valence-corrected chi connectivity index (χ3v) is 3.35. The number of alkyl halides is 3. The van der Waals surface area contributed by atoms with Gasteiger partial charge in [-0.1, -0.05) is 6.92 Å². The Morgan fingerprint density at radius 2 is 2.10 bits per heavy atom. The van der Waals surface area contributed by atoms with E-state index in [0.29, 0.717) is 26.1 Å². The molecule has 2 unspecified atom stereocenters. The number of hydrogen-bond donors (Lipinski definition) is 1. The lowest BCUT2D eigenvalue weighted by Crippen LogP contribution is -2.44. The number of halogens is 3. The third kappa shape index (κ3) is 6.62. The molecule has 5 nitrogen and oxygen atoms in total. The monoisotopic (exact) mass is 313 g/mol. The van der Waals surface area contributed by atoms with E-state index in [2.05, 4.69) is 4.74 Å². The predicted octanol–water partition coefficient (Wildman–Crippen LogP) is 1.77. The molecule has 0 aromatic heterocycles. The van der Waals surface area contributed by atoms with Crippen LogP contribution >= 0.6 is 0 Å². The van der Waals surface area contributed by atoms with E-state index in [9.17, 15) is 18.0 Å². The van der Waals surface area contributed by atoms with Crippen LogP contribution in [0.25, 0.3) is 0 Å². The summed E-state index contributed by atoms with van der Waals surface area (Å²) in [5.41, 5.74) is 0. The van der Waals surface area contributed by atoms with Crippen LogP contribution in [-0.2, 0) is 14.3 Å². The Bertz CT molecular complexity index is 325. The van der Waals surface area contributed by atoms with Crippen molar-refractivity contribution in [2.75, 3.05) is 39.5 Å². The van der Waals surface area contributed by atoms with Crippen molar-refractivity contribution >= 4 is 5.97 Å². The van der Waals surface area contributed by atoms with Crippen LogP contribution < -0.4 is 0 Å². The fourth-order valence-electron chi connectivity index (χ4n) is 2.43. The van der Waals surface area contributed by atoms with Gasteiger partial charge in [-0.2, -0.15) is 13.2 Å². The number of carbonyl (C=O) groups is 1. The average Bonchev–Trinajstić information content (AvgIpc) is 2.85. The molecule has 0 spiro atoms. The summed E-state index contributed by atoms with van der Waals surface area (Å²) in [6, 6.07) is -0.218. The topological polar surface area (TPSA) is 59.0 Å². The van der Waals surface area contributed by atoms with Crippen molar-refractivity contribution in [3.8, 4) is 0 Å². The summed E-state index contributed by atoms with van der Waals surface area (Å²) in [6.07, 6.45) is -3.04. The highest BCUT2D eigenvalue weighted by Gasteiger charge is 2.37. The van der Waals surface area contributed by atoms with Gasteiger partial charge in [0.15, 0.2) is 0 Å². The van der Waals surface area contributed by atoms with E-state index in [4.69, 9.17) is 9.84 Å². The third-order valence-electron chi connectivity index (χ3n) is 3.35. The molecule has 0 radical (unpaired) electrons. The van der Waals surface area contributed by atoms with Gasteiger partial charge in [-0.25, -0.2) is 0 Å². The van der Waals surface area contributed by atoms with Gasteiger partial charge in [0.25, 0.3) is 0 Å². The normalized spacial score (nSPS) is 22.9. The maximum atomic E-state index is 11.9. The Labute approximate surface area is 122 Å². The van der Waals surface area contributed by atoms with Crippen molar-refractivity contribution in [3.63, 3.8) is 0 Å². The van der Waals surface area contributed by atoms with Crippen molar-refractivity contribution in [1.29, 1.82) is 0 Å². The van der Waals surface area contributed by atoms with Crippen molar-refractivity contribution in [1.82, 2.24) is 4.90 Å². The molecule has 0 aliphatic carbocycles. The highest BCUT2D eigenvalue weighted by Crippen LogP contribution is 2.21. The van der Waals surface area contributed by atoms with Crippen LogP contribution in [0.4, 0.5) is 13.2 Å². The highest BCUT2D eigenvalue weighted by atomic mass is 19.4. The minimum atomic E-state index is -4.31. The summed E-state index contributed by atoms with van der Waals surface area (Å²) in [4.78, 5) is 13.1. The van der Waals surface area contributed by atoms with Gasteiger partial charge in [0, 0.05) is 19.2 Å². The molecule has 0 bridgehead atoms.